The minimum Gasteiger partial charge on any atom is -0.496 e. The molecule has 4 rings (SSSR count). The van der Waals surface area contributed by atoms with Gasteiger partial charge in [-0.2, -0.15) is 0 Å². The first-order valence-electron chi connectivity index (χ1n) is 11.5. The van der Waals surface area contributed by atoms with Crippen LogP contribution in [0.2, 0.25) is 0 Å². The van der Waals surface area contributed by atoms with Crippen molar-refractivity contribution in [3.8, 4) is 22.8 Å². The molecule has 3 aromatic carbocycles. The van der Waals surface area contributed by atoms with Gasteiger partial charge in [-0.25, -0.2) is 9.78 Å². The number of ether oxygens (including phenoxy) is 2. The summed E-state index contributed by atoms with van der Waals surface area (Å²) in [7, 11) is 1.55. The zero-order valence-corrected chi connectivity index (χ0v) is 21.2. The van der Waals surface area contributed by atoms with Crippen LogP contribution in [-0.2, 0) is 9.53 Å². The summed E-state index contributed by atoms with van der Waals surface area (Å²) in [4.78, 5) is 17.1. The van der Waals surface area contributed by atoms with Gasteiger partial charge in [0.05, 0.1) is 23.6 Å². The van der Waals surface area contributed by atoms with Gasteiger partial charge in [-0.1, -0.05) is 42.0 Å². The van der Waals surface area contributed by atoms with Crippen molar-refractivity contribution in [3.05, 3.63) is 64.7 Å². The van der Waals surface area contributed by atoms with E-state index in [4.69, 9.17) is 9.47 Å². The number of pyridine rings is 1. The van der Waals surface area contributed by atoms with Crippen LogP contribution in [0, 0.1) is 20.8 Å². The lowest BCUT2D eigenvalue weighted by Gasteiger charge is -2.29. The number of benzene rings is 3. The van der Waals surface area contributed by atoms with Crippen molar-refractivity contribution in [1.82, 2.24) is 4.98 Å². The molecule has 35 heavy (non-hydrogen) atoms. The number of carboxylic acids is 1. The van der Waals surface area contributed by atoms with E-state index in [1.165, 1.54) is 0 Å². The number of carbonyl (C=O) groups is 1. The Morgan fingerprint density at radius 2 is 1.63 bits per heavy atom. The summed E-state index contributed by atoms with van der Waals surface area (Å²) in [5, 5.41) is 23.3. The lowest BCUT2D eigenvalue weighted by Crippen LogP contribution is -2.28. The van der Waals surface area contributed by atoms with E-state index in [0.29, 0.717) is 27.8 Å². The molecule has 0 unspecified atom stereocenters. The van der Waals surface area contributed by atoms with Crippen molar-refractivity contribution in [2.24, 2.45) is 0 Å². The highest BCUT2D eigenvalue weighted by atomic mass is 16.5. The molecule has 0 radical (unpaired) electrons. The number of aromatic nitrogens is 1. The molecule has 1 heterocycles. The molecular weight excluding hydrogens is 442 g/mol. The number of aromatic hydroxyl groups is 1. The molecule has 0 aliphatic rings. The predicted octanol–water partition coefficient (Wildman–Crippen LogP) is 6.64. The Kier molecular flexibility index (Phi) is 6.20. The van der Waals surface area contributed by atoms with Gasteiger partial charge >= 0.3 is 5.97 Å². The molecule has 2 N–H and O–H groups in total. The topological polar surface area (TPSA) is 88.9 Å². The van der Waals surface area contributed by atoms with E-state index in [1.54, 1.807) is 13.2 Å². The number of methoxy groups -OCH3 is 1. The molecule has 1 atom stereocenters. The van der Waals surface area contributed by atoms with Crippen molar-refractivity contribution < 1.29 is 24.5 Å². The van der Waals surface area contributed by atoms with Gasteiger partial charge in [-0.15, -0.1) is 0 Å². The van der Waals surface area contributed by atoms with Crippen molar-refractivity contribution in [2.75, 3.05) is 7.11 Å². The van der Waals surface area contributed by atoms with E-state index in [9.17, 15) is 15.0 Å². The highest BCUT2D eigenvalue weighted by Gasteiger charge is 2.33. The van der Waals surface area contributed by atoms with Gasteiger partial charge in [0.2, 0.25) is 5.88 Å². The smallest absolute Gasteiger partial charge is 0.337 e. The Morgan fingerprint density at radius 3 is 2.20 bits per heavy atom. The Hall–Kier alpha value is -3.64. The molecule has 182 valence electrons. The first kappa shape index (κ1) is 24.5. The minimum atomic E-state index is -1.22. The monoisotopic (exact) mass is 473 g/mol. The number of hydrogen-bond donors (Lipinski definition) is 2. The average Bonchev–Trinajstić information content (AvgIpc) is 2.79. The molecule has 1 aromatic heterocycles. The van der Waals surface area contributed by atoms with E-state index in [1.807, 2.05) is 77.9 Å². The Morgan fingerprint density at radius 1 is 0.971 bits per heavy atom. The fraction of sp³-hybridized carbons (Fsp3) is 0.310. The van der Waals surface area contributed by atoms with E-state index >= 15 is 0 Å². The van der Waals surface area contributed by atoms with Crippen molar-refractivity contribution in [1.29, 1.82) is 0 Å². The van der Waals surface area contributed by atoms with Crippen LogP contribution >= 0.6 is 0 Å². The summed E-state index contributed by atoms with van der Waals surface area (Å²) in [6.07, 6.45) is -1.22. The molecule has 6 nitrogen and oxygen atoms in total. The van der Waals surface area contributed by atoms with Gasteiger partial charge < -0.3 is 19.7 Å². The van der Waals surface area contributed by atoms with Crippen LogP contribution < -0.4 is 4.74 Å². The largest absolute Gasteiger partial charge is 0.496 e. The molecular formula is C29H31NO5. The second kappa shape index (κ2) is 8.86. The molecule has 0 saturated carbocycles. The van der Waals surface area contributed by atoms with Crippen LogP contribution in [0.15, 0.2) is 42.5 Å². The lowest BCUT2D eigenvalue weighted by atomic mass is 9.84. The average molecular weight is 474 g/mol. The highest BCUT2D eigenvalue weighted by Crippen LogP contribution is 2.46. The summed E-state index contributed by atoms with van der Waals surface area (Å²) < 4.78 is 11.6. The summed E-state index contributed by atoms with van der Waals surface area (Å²) in [5.41, 5.74) is 4.68. The van der Waals surface area contributed by atoms with Crippen molar-refractivity contribution in [2.45, 2.75) is 53.2 Å². The molecule has 4 aromatic rings. The Balaban J connectivity index is 2.23. The Labute approximate surface area is 205 Å². The maximum atomic E-state index is 12.6. The number of fused-ring (bicyclic) bond motifs is 3. The molecule has 0 fully saturated rings. The van der Waals surface area contributed by atoms with Crippen LogP contribution in [0.5, 0.6) is 11.6 Å². The number of rotatable bonds is 5. The third-order valence-electron chi connectivity index (χ3n) is 6.27. The van der Waals surface area contributed by atoms with E-state index in [0.717, 1.165) is 33.0 Å². The quantitative estimate of drug-likeness (QED) is 0.316. The van der Waals surface area contributed by atoms with Gasteiger partial charge in [-0.05, 0) is 69.9 Å². The zero-order chi connectivity index (χ0) is 25.7. The number of aryl methyl sites for hydroxylation is 3. The highest BCUT2D eigenvalue weighted by molar-refractivity contribution is 6.14. The molecule has 0 aliphatic carbocycles. The van der Waals surface area contributed by atoms with Crippen molar-refractivity contribution in [3.63, 3.8) is 0 Å². The van der Waals surface area contributed by atoms with Crippen LogP contribution in [0.25, 0.3) is 32.8 Å². The van der Waals surface area contributed by atoms with Crippen LogP contribution in [0.1, 0.15) is 49.1 Å². The van der Waals surface area contributed by atoms with E-state index < -0.39 is 17.7 Å². The second-order valence-corrected chi connectivity index (χ2v) is 9.90. The predicted molar refractivity (Wildman–Crippen MR) is 138 cm³/mol. The third kappa shape index (κ3) is 4.30. The number of nitrogens with zero attached hydrogens (tertiary/aromatic N) is 1. The van der Waals surface area contributed by atoms with Crippen LogP contribution in [-0.4, -0.2) is 33.9 Å². The maximum absolute atomic E-state index is 12.6. The van der Waals surface area contributed by atoms with Crippen LogP contribution in [0.3, 0.4) is 0 Å². The maximum Gasteiger partial charge on any atom is 0.337 e. The number of hydrogen-bond acceptors (Lipinski definition) is 5. The SMILES string of the molecule is COc1cccc2c1c(O)nc1c(C)c([C@H](OC(C)(C)C)C(=O)O)c(-c3ccc(C)cc3)c(C)c12. The summed E-state index contributed by atoms with van der Waals surface area (Å²) in [6.45, 7) is 11.3. The molecule has 0 amide bonds. The van der Waals surface area contributed by atoms with Gasteiger partial charge in [0.15, 0.2) is 6.10 Å². The molecule has 6 heteroatoms. The second-order valence-electron chi connectivity index (χ2n) is 9.90. The summed E-state index contributed by atoms with van der Waals surface area (Å²) in [5.74, 6) is -0.723. The number of aliphatic carboxylic acids is 1. The lowest BCUT2D eigenvalue weighted by molar-refractivity contribution is -0.160. The normalized spacial score (nSPS) is 12.8. The summed E-state index contributed by atoms with van der Waals surface area (Å²) in [6, 6.07) is 13.6. The molecule has 0 aliphatic heterocycles. The standard InChI is InChI=1S/C29H31NO5/c1-15-11-13-18(14-12-15)21-16(2)22-19-9-8-10-20(34-7)24(19)27(31)30-25(22)17(3)23(21)26(28(32)33)35-29(4,5)6/h8-14,26H,1-7H3,(H,30,31)(H,32,33)/t26-/m0/s1. The van der Waals surface area contributed by atoms with Gasteiger partial charge in [0.1, 0.15) is 5.75 Å². The van der Waals surface area contributed by atoms with Gasteiger partial charge in [0, 0.05) is 16.3 Å². The molecule has 0 spiro atoms. The fourth-order valence-electron chi connectivity index (χ4n) is 4.78. The van der Waals surface area contributed by atoms with E-state index in [-0.39, 0.29) is 5.88 Å². The fourth-order valence-corrected chi connectivity index (χ4v) is 4.78. The third-order valence-corrected chi connectivity index (χ3v) is 6.27. The van der Waals surface area contributed by atoms with E-state index in [2.05, 4.69) is 4.98 Å². The minimum absolute atomic E-state index is 0.162. The molecule has 0 bridgehead atoms. The Bertz CT molecular complexity index is 1450. The van der Waals surface area contributed by atoms with Gasteiger partial charge in [-0.3, -0.25) is 0 Å². The summed E-state index contributed by atoms with van der Waals surface area (Å²) >= 11 is 0. The van der Waals surface area contributed by atoms with Gasteiger partial charge in [0.25, 0.3) is 0 Å². The first-order chi connectivity index (χ1) is 16.4. The number of carboxylic acid groups (broad SMARTS) is 1. The first-order valence-corrected chi connectivity index (χ1v) is 11.5. The van der Waals surface area contributed by atoms with Crippen LogP contribution in [0.4, 0.5) is 0 Å². The molecule has 0 saturated heterocycles. The van der Waals surface area contributed by atoms with Crippen molar-refractivity contribution >= 4 is 27.6 Å². The zero-order valence-electron chi connectivity index (χ0n) is 21.2.